The zero-order valence-corrected chi connectivity index (χ0v) is 10.4. The van der Waals surface area contributed by atoms with Crippen LogP contribution in [0.5, 0.6) is 0 Å². The summed E-state index contributed by atoms with van der Waals surface area (Å²) in [7, 11) is -1.79. The molecule has 16 heavy (non-hydrogen) atoms. The van der Waals surface area contributed by atoms with Crippen molar-refractivity contribution in [3.8, 4) is 0 Å². The summed E-state index contributed by atoms with van der Waals surface area (Å²) < 4.78 is 31.1. The SMILES string of the molecule is CCCNS(=O)(=O)c1cccc(COC)c1. The van der Waals surface area contributed by atoms with E-state index < -0.39 is 10.0 Å². The average molecular weight is 243 g/mol. The second-order valence-electron chi connectivity index (χ2n) is 3.48. The van der Waals surface area contributed by atoms with E-state index in [1.165, 1.54) is 0 Å². The van der Waals surface area contributed by atoms with Crippen LogP contribution in [-0.2, 0) is 21.4 Å². The third-order valence-corrected chi connectivity index (χ3v) is 3.52. The lowest BCUT2D eigenvalue weighted by atomic mass is 10.2. The molecule has 0 bridgehead atoms. The smallest absolute Gasteiger partial charge is 0.240 e. The number of benzene rings is 1. The van der Waals surface area contributed by atoms with Crippen LogP contribution in [0.3, 0.4) is 0 Å². The van der Waals surface area contributed by atoms with Gasteiger partial charge in [0.05, 0.1) is 11.5 Å². The largest absolute Gasteiger partial charge is 0.380 e. The molecular formula is C11H17NO3S. The minimum absolute atomic E-state index is 0.288. The van der Waals surface area contributed by atoms with Crippen LogP contribution in [0.2, 0.25) is 0 Å². The minimum atomic E-state index is -3.37. The molecule has 0 spiro atoms. The van der Waals surface area contributed by atoms with Crippen LogP contribution >= 0.6 is 0 Å². The van der Waals surface area contributed by atoms with Gasteiger partial charge in [0.2, 0.25) is 10.0 Å². The molecule has 0 heterocycles. The fourth-order valence-corrected chi connectivity index (χ4v) is 2.49. The quantitative estimate of drug-likeness (QED) is 0.824. The van der Waals surface area contributed by atoms with Gasteiger partial charge in [-0.05, 0) is 24.1 Å². The Labute approximate surface area is 96.7 Å². The Hall–Kier alpha value is -0.910. The summed E-state index contributed by atoms with van der Waals surface area (Å²) in [6.45, 7) is 2.79. The molecule has 1 rings (SSSR count). The van der Waals surface area contributed by atoms with Gasteiger partial charge in [-0.3, -0.25) is 0 Å². The van der Waals surface area contributed by atoms with Gasteiger partial charge in [-0.15, -0.1) is 0 Å². The highest BCUT2D eigenvalue weighted by atomic mass is 32.2. The maximum absolute atomic E-state index is 11.8. The number of nitrogens with one attached hydrogen (secondary N) is 1. The van der Waals surface area contributed by atoms with Crippen LogP contribution in [0.15, 0.2) is 29.2 Å². The lowest BCUT2D eigenvalue weighted by Crippen LogP contribution is -2.24. The monoisotopic (exact) mass is 243 g/mol. The van der Waals surface area contributed by atoms with Crippen molar-refractivity contribution in [2.24, 2.45) is 0 Å². The van der Waals surface area contributed by atoms with Crippen LogP contribution in [0, 0.1) is 0 Å². The molecule has 1 aromatic carbocycles. The molecule has 0 saturated carbocycles. The number of sulfonamides is 1. The molecule has 4 nitrogen and oxygen atoms in total. The van der Waals surface area contributed by atoms with Crippen molar-refractivity contribution >= 4 is 10.0 Å². The summed E-state index contributed by atoms with van der Waals surface area (Å²) in [5.74, 6) is 0. The van der Waals surface area contributed by atoms with Gasteiger partial charge in [0.1, 0.15) is 0 Å². The highest BCUT2D eigenvalue weighted by Gasteiger charge is 2.12. The molecule has 0 fully saturated rings. The topological polar surface area (TPSA) is 55.4 Å². The Morgan fingerprint density at radius 1 is 1.38 bits per heavy atom. The standard InChI is InChI=1S/C11H17NO3S/c1-3-7-12-16(13,14)11-6-4-5-10(8-11)9-15-2/h4-6,8,12H,3,7,9H2,1-2H3. The number of methoxy groups -OCH3 is 1. The van der Waals surface area contributed by atoms with Gasteiger partial charge in [0, 0.05) is 13.7 Å². The van der Waals surface area contributed by atoms with E-state index >= 15 is 0 Å². The second kappa shape index (κ2) is 5.98. The van der Waals surface area contributed by atoms with Gasteiger partial charge in [0.25, 0.3) is 0 Å². The van der Waals surface area contributed by atoms with E-state index in [1.807, 2.05) is 13.0 Å². The van der Waals surface area contributed by atoms with E-state index in [9.17, 15) is 8.42 Å². The summed E-state index contributed by atoms with van der Waals surface area (Å²) in [5.41, 5.74) is 0.849. The predicted octanol–water partition coefficient (Wildman–Crippen LogP) is 1.52. The van der Waals surface area contributed by atoms with E-state index in [0.717, 1.165) is 12.0 Å². The average Bonchev–Trinajstić information content (AvgIpc) is 2.27. The van der Waals surface area contributed by atoms with Crippen molar-refractivity contribution in [3.63, 3.8) is 0 Å². The Morgan fingerprint density at radius 3 is 2.75 bits per heavy atom. The molecule has 0 atom stereocenters. The molecule has 0 saturated heterocycles. The number of ether oxygens (including phenoxy) is 1. The molecule has 0 amide bonds. The van der Waals surface area contributed by atoms with Gasteiger partial charge < -0.3 is 4.74 Å². The van der Waals surface area contributed by atoms with Crippen molar-refractivity contribution < 1.29 is 13.2 Å². The summed E-state index contributed by atoms with van der Waals surface area (Å²) in [6.07, 6.45) is 0.775. The van der Waals surface area contributed by atoms with Crippen molar-refractivity contribution in [2.75, 3.05) is 13.7 Å². The molecule has 5 heteroatoms. The second-order valence-corrected chi connectivity index (χ2v) is 5.25. The Morgan fingerprint density at radius 2 is 2.12 bits per heavy atom. The third-order valence-electron chi connectivity index (χ3n) is 2.06. The van der Waals surface area contributed by atoms with Gasteiger partial charge in [-0.1, -0.05) is 19.1 Å². The number of hydrogen-bond acceptors (Lipinski definition) is 3. The molecular weight excluding hydrogens is 226 g/mol. The van der Waals surface area contributed by atoms with E-state index in [-0.39, 0.29) is 4.90 Å². The van der Waals surface area contributed by atoms with Gasteiger partial charge in [-0.2, -0.15) is 0 Å². The first-order valence-corrected chi connectivity index (χ1v) is 6.66. The first kappa shape index (κ1) is 13.2. The van der Waals surface area contributed by atoms with E-state index in [1.54, 1.807) is 25.3 Å². The Balaban J connectivity index is 2.90. The van der Waals surface area contributed by atoms with Gasteiger partial charge in [0.15, 0.2) is 0 Å². The molecule has 0 aliphatic heterocycles. The first-order valence-electron chi connectivity index (χ1n) is 5.17. The number of rotatable bonds is 6. The summed E-state index contributed by atoms with van der Waals surface area (Å²) in [5, 5.41) is 0. The molecule has 0 aromatic heterocycles. The summed E-state index contributed by atoms with van der Waals surface area (Å²) in [4.78, 5) is 0.288. The zero-order chi connectivity index (χ0) is 12.0. The maximum Gasteiger partial charge on any atom is 0.240 e. The number of hydrogen-bond donors (Lipinski definition) is 1. The predicted molar refractivity (Wildman–Crippen MR) is 62.6 cm³/mol. The normalized spacial score (nSPS) is 11.6. The van der Waals surface area contributed by atoms with Crippen LogP contribution in [0.25, 0.3) is 0 Å². The molecule has 1 aromatic rings. The highest BCUT2D eigenvalue weighted by Crippen LogP contribution is 2.11. The Bertz CT molecular complexity index is 429. The van der Waals surface area contributed by atoms with Gasteiger partial charge >= 0.3 is 0 Å². The highest BCUT2D eigenvalue weighted by molar-refractivity contribution is 7.89. The van der Waals surface area contributed by atoms with Gasteiger partial charge in [-0.25, -0.2) is 13.1 Å². The lowest BCUT2D eigenvalue weighted by Gasteiger charge is -2.07. The fourth-order valence-electron chi connectivity index (χ4n) is 1.29. The van der Waals surface area contributed by atoms with Crippen molar-refractivity contribution in [1.82, 2.24) is 4.72 Å². The van der Waals surface area contributed by atoms with E-state index in [0.29, 0.717) is 13.2 Å². The van der Waals surface area contributed by atoms with Crippen LogP contribution in [-0.4, -0.2) is 22.1 Å². The Kier molecular flexibility index (Phi) is 4.92. The van der Waals surface area contributed by atoms with Crippen molar-refractivity contribution in [2.45, 2.75) is 24.8 Å². The molecule has 0 aliphatic rings. The molecule has 0 radical (unpaired) electrons. The third kappa shape index (κ3) is 3.59. The lowest BCUT2D eigenvalue weighted by molar-refractivity contribution is 0.184. The minimum Gasteiger partial charge on any atom is -0.380 e. The van der Waals surface area contributed by atoms with E-state index in [4.69, 9.17) is 4.74 Å². The van der Waals surface area contributed by atoms with Crippen molar-refractivity contribution in [3.05, 3.63) is 29.8 Å². The molecule has 1 N–H and O–H groups in total. The summed E-state index contributed by atoms with van der Waals surface area (Å²) in [6, 6.07) is 6.76. The van der Waals surface area contributed by atoms with E-state index in [2.05, 4.69) is 4.72 Å². The first-order chi connectivity index (χ1) is 7.60. The molecule has 0 aliphatic carbocycles. The van der Waals surface area contributed by atoms with Crippen LogP contribution in [0.1, 0.15) is 18.9 Å². The molecule has 90 valence electrons. The van der Waals surface area contributed by atoms with Crippen molar-refractivity contribution in [1.29, 1.82) is 0 Å². The fraction of sp³-hybridized carbons (Fsp3) is 0.455. The van der Waals surface area contributed by atoms with Crippen LogP contribution < -0.4 is 4.72 Å². The zero-order valence-electron chi connectivity index (χ0n) is 9.56. The maximum atomic E-state index is 11.8. The summed E-state index contributed by atoms with van der Waals surface area (Å²) >= 11 is 0. The molecule has 0 unspecified atom stereocenters. The van der Waals surface area contributed by atoms with Crippen LogP contribution in [0.4, 0.5) is 0 Å².